The Morgan fingerprint density at radius 3 is 2.43 bits per heavy atom. The summed E-state index contributed by atoms with van der Waals surface area (Å²) in [6.07, 6.45) is 0.958. The van der Waals surface area contributed by atoms with Crippen molar-refractivity contribution in [3.05, 3.63) is 96.1 Å². The Hall–Kier alpha value is -4.74. The number of pyridine rings is 1. The van der Waals surface area contributed by atoms with E-state index in [1.165, 1.54) is 7.05 Å². The molecular formula is C31H36N6O5. The van der Waals surface area contributed by atoms with Crippen molar-refractivity contribution in [2.24, 2.45) is 11.5 Å². The molecule has 0 radical (unpaired) electrons. The van der Waals surface area contributed by atoms with Crippen LogP contribution >= 0.6 is 0 Å². The van der Waals surface area contributed by atoms with Gasteiger partial charge in [0, 0.05) is 7.05 Å². The monoisotopic (exact) mass is 572 g/mol. The van der Waals surface area contributed by atoms with Gasteiger partial charge in [-0.2, -0.15) is 0 Å². The Kier molecular flexibility index (Phi) is 9.56. The van der Waals surface area contributed by atoms with Gasteiger partial charge in [0.1, 0.15) is 25.0 Å². The molecule has 11 nitrogen and oxygen atoms in total. The third-order valence-electron chi connectivity index (χ3n) is 6.55. The molecule has 11 heteroatoms. The summed E-state index contributed by atoms with van der Waals surface area (Å²) < 4.78 is 13.4. The second kappa shape index (κ2) is 13.3. The van der Waals surface area contributed by atoms with E-state index in [9.17, 15) is 14.4 Å². The molecule has 0 unspecified atom stereocenters. The van der Waals surface area contributed by atoms with E-state index >= 15 is 0 Å². The molecule has 0 saturated carbocycles. The number of nitrogens with one attached hydrogen (secondary N) is 1. The number of primary amides is 1. The summed E-state index contributed by atoms with van der Waals surface area (Å²) in [4.78, 5) is 42.3. The molecule has 0 aliphatic rings. The van der Waals surface area contributed by atoms with Gasteiger partial charge in [0.25, 0.3) is 0 Å². The first-order valence-electron chi connectivity index (χ1n) is 13.5. The van der Waals surface area contributed by atoms with Crippen molar-refractivity contribution in [1.29, 1.82) is 0 Å². The molecular weight excluding hydrogens is 536 g/mol. The van der Waals surface area contributed by atoms with Crippen LogP contribution < -0.4 is 16.8 Å². The lowest BCUT2D eigenvalue weighted by Crippen LogP contribution is -2.51. The van der Waals surface area contributed by atoms with Gasteiger partial charge in [-0.25, -0.2) is 9.78 Å². The minimum atomic E-state index is -1.14. The first-order chi connectivity index (χ1) is 20.0. The van der Waals surface area contributed by atoms with Crippen LogP contribution in [-0.2, 0) is 32.3 Å². The first-order valence-corrected chi connectivity index (χ1v) is 13.5. The number of amides is 3. The number of carbonyl (C=O) groups excluding carboxylic acids is 3. The van der Waals surface area contributed by atoms with Crippen molar-refractivity contribution in [2.45, 2.75) is 38.6 Å². The molecule has 0 spiro atoms. The number of rotatable bonds is 12. The molecule has 4 aromatic rings. The number of aromatic nitrogens is 2. The first kappa shape index (κ1) is 30.2. The van der Waals surface area contributed by atoms with Gasteiger partial charge in [0.05, 0.1) is 36.2 Å². The maximum Gasteiger partial charge on any atom is 0.410 e. The van der Waals surface area contributed by atoms with Crippen molar-refractivity contribution in [1.82, 2.24) is 19.6 Å². The fourth-order valence-electron chi connectivity index (χ4n) is 4.40. The zero-order valence-electron chi connectivity index (χ0n) is 23.9. The molecule has 1 atom stereocenters. The molecule has 42 heavy (non-hydrogen) atoms. The molecule has 0 fully saturated rings. The summed E-state index contributed by atoms with van der Waals surface area (Å²) >= 11 is 0. The predicted octanol–water partition coefficient (Wildman–Crippen LogP) is 3.17. The molecule has 2 aromatic heterocycles. The SMILES string of the molecule is CN(CC(N)=O)C(=O)OCc1cccc2cnc([C@@H](COCc3ccccc3-c3ccccc3)NC(=O)C(C)(C)N)n12. The summed E-state index contributed by atoms with van der Waals surface area (Å²) in [6.45, 7) is 3.24. The second-order valence-electron chi connectivity index (χ2n) is 10.6. The predicted molar refractivity (Wildman–Crippen MR) is 158 cm³/mol. The highest BCUT2D eigenvalue weighted by Gasteiger charge is 2.28. The fraction of sp³-hybridized carbons (Fsp3) is 0.290. The maximum absolute atomic E-state index is 13.0. The number of nitrogens with two attached hydrogens (primary N) is 2. The van der Waals surface area contributed by atoms with Gasteiger partial charge in [0.2, 0.25) is 11.8 Å². The maximum atomic E-state index is 13.0. The average molecular weight is 573 g/mol. The van der Waals surface area contributed by atoms with Crippen LogP contribution in [0.15, 0.2) is 79.0 Å². The smallest absolute Gasteiger partial charge is 0.410 e. The third-order valence-corrected chi connectivity index (χ3v) is 6.55. The van der Waals surface area contributed by atoms with Crippen molar-refractivity contribution in [3.63, 3.8) is 0 Å². The number of fused-ring (bicyclic) bond motifs is 1. The normalized spacial score (nSPS) is 12.1. The molecule has 2 aromatic carbocycles. The van der Waals surface area contributed by atoms with Gasteiger partial charge in [-0.05, 0) is 42.7 Å². The highest BCUT2D eigenvalue weighted by Crippen LogP contribution is 2.25. The number of hydrogen-bond acceptors (Lipinski definition) is 7. The van der Waals surface area contributed by atoms with E-state index in [0.29, 0.717) is 18.1 Å². The summed E-state index contributed by atoms with van der Waals surface area (Å²) in [5.74, 6) is -0.549. The van der Waals surface area contributed by atoms with Crippen LogP contribution in [0.1, 0.15) is 37.0 Å². The topological polar surface area (TPSA) is 154 Å². The molecule has 3 amide bonds. The summed E-state index contributed by atoms with van der Waals surface area (Å²) in [5.41, 5.74) is 14.6. The Morgan fingerprint density at radius 1 is 1.00 bits per heavy atom. The van der Waals surface area contributed by atoms with Gasteiger partial charge < -0.3 is 31.2 Å². The second-order valence-corrected chi connectivity index (χ2v) is 10.6. The lowest BCUT2D eigenvalue weighted by Gasteiger charge is -2.24. The molecule has 4 rings (SSSR count). The van der Waals surface area contributed by atoms with E-state index in [1.807, 2.05) is 66.7 Å². The standard InChI is InChI=1S/C31H36N6O5/c1-31(2,33)29(39)35-26(20-41-18-22-12-7-8-15-25(22)21-10-5-4-6-11-21)28-34-16-23-13-9-14-24(37(23)28)19-42-30(40)36(3)17-27(32)38/h4-16,26H,17-20,33H2,1-3H3,(H2,32,38)(H,35,39)/t26-/m1/s1. The Morgan fingerprint density at radius 2 is 1.71 bits per heavy atom. The van der Waals surface area contributed by atoms with Crippen molar-refractivity contribution >= 4 is 23.4 Å². The number of likely N-dealkylation sites (N-methyl/N-ethyl adjacent to an activating group) is 1. The van der Waals surface area contributed by atoms with Gasteiger partial charge >= 0.3 is 6.09 Å². The van der Waals surface area contributed by atoms with Gasteiger partial charge in [-0.15, -0.1) is 0 Å². The molecule has 0 bridgehead atoms. The van der Waals surface area contributed by atoms with Crippen LogP contribution in [0.2, 0.25) is 0 Å². The number of benzene rings is 2. The van der Waals surface area contributed by atoms with E-state index in [2.05, 4.69) is 10.3 Å². The van der Waals surface area contributed by atoms with E-state index in [-0.39, 0.29) is 25.7 Å². The van der Waals surface area contributed by atoms with Crippen LogP contribution in [0.3, 0.4) is 0 Å². The zero-order valence-corrected chi connectivity index (χ0v) is 23.9. The number of ether oxygens (including phenoxy) is 2. The van der Waals surface area contributed by atoms with E-state index in [0.717, 1.165) is 27.1 Å². The number of carbonyl (C=O) groups is 3. The van der Waals surface area contributed by atoms with Crippen LogP contribution in [0.25, 0.3) is 16.6 Å². The number of hydrogen-bond donors (Lipinski definition) is 3. The third kappa shape index (κ3) is 7.50. The zero-order chi connectivity index (χ0) is 30.3. The van der Waals surface area contributed by atoms with E-state index in [4.69, 9.17) is 20.9 Å². The Balaban J connectivity index is 1.59. The van der Waals surface area contributed by atoms with Crippen LogP contribution in [0, 0.1) is 0 Å². The highest BCUT2D eigenvalue weighted by molar-refractivity contribution is 5.85. The van der Waals surface area contributed by atoms with E-state index < -0.39 is 23.6 Å². The minimum Gasteiger partial charge on any atom is -0.443 e. The summed E-state index contributed by atoms with van der Waals surface area (Å²) in [7, 11) is 1.42. The molecule has 0 aliphatic heterocycles. The molecule has 2 heterocycles. The average Bonchev–Trinajstić information content (AvgIpc) is 3.40. The summed E-state index contributed by atoms with van der Waals surface area (Å²) in [5, 5.41) is 2.98. The number of nitrogens with zero attached hydrogens (tertiary/aromatic N) is 3. The van der Waals surface area contributed by atoms with E-state index in [1.54, 1.807) is 30.5 Å². The molecule has 0 aliphatic carbocycles. The fourth-order valence-corrected chi connectivity index (χ4v) is 4.40. The quantitative estimate of drug-likeness (QED) is 0.236. The van der Waals surface area contributed by atoms with Crippen LogP contribution in [-0.4, -0.2) is 57.9 Å². The van der Waals surface area contributed by atoms with Gasteiger partial charge in [-0.1, -0.05) is 60.7 Å². The van der Waals surface area contributed by atoms with Crippen molar-refractivity contribution < 1.29 is 23.9 Å². The minimum absolute atomic E-state index is 0.0968. The van der Waals surface area contributed by atoms with Gasteiger partial charge in [-0.3, -0.25) is 14.0 Å². The summed E-state index contributed by atoms with van der Waals surface area (Å²) in [6, 6.07) is 22.8. The molecule has 0 saturated heterocycles. The van der Waals surface area contributed by atoms with Crippen LogP contribution in [0.5, 0.6) is 0 Å². The lowest BCUT2D eigenvalue weighted by atomic mass is 10.0. The van der Waals surface area contributed by atoms with Crippen molar-refractivity contribution in [3.8, 4) is 11.1 Å². The lowest BCUT2D eigenvalue weighted by molar-refractivity contribution is -0.126. The van der Waals surface area contributed by atoms with Crippen molar-refractivity contribution in [2.75, 3.05) is 20.2 Å². The molecule has 220 valence electrons. The van der Waals surface area contributed by atoms with Crippen LogP contribution in [0.4, 0.5) is 4.79 Å². The number of imidazole rings is 1. The largest absolute Gasteiger partial charge is 0.443 e. The Bertz CT molecular complexity index is 1550. The highest BCUT2D eigenvalue weighted by atomic mass is 16.6. The van der Waals surface area contributed by atoms with Gasteiger partial charge in [0.15, 0.2) is 0 Å². The molecule has 5 N–H and O–H groups in total. The Labute approximate surface area is 244 Å².